The normalized spacial score (nSPS) is 15.2. The minimum absolute atomic E-state index is 0.190. The third-order valence-electron chi connectivity index (χ3n) is 4.70. The molecule has 0 aliphatic carbocycles. The van der Waals surface area contributed by atoms with Gasteiger partial charge in [0.1, 0.15) is 0 Å². The first-order chi connectivity index (χ1) is 9.28. The van der Waals surface area contributed by atoms with Crippen molar-refractivity contribution in [2.24, 2.45) is 0 Å². The van der Waals surface area contributed by atoms with Gasteiger partial charge in [0.2, 0.25) is 0 Å². The Morgan fingerprint density at radius 2 is 1.05 bits per heavy atom. The fourth-order valence-electron chi connectivity index (χ4n) is 5.15. The molecule has 0 fully saturated rings. The van der Waals surface area contributed by atoms with Crippen LogP contribution in [0.25, 0.3) is 0 Å². The molecule has 0 aromatic carbocycles. The predicted octanol–water partition coefficient (Wildman–Crippen LogP) is 7.21. The van der Waals surface area contributed by atoms with E-state index < -0.39 is 24.5 Å². The first-order valence-corrected chi connectivity index (χ1v) is 17.8. The van der Waals surface area contributed by atoms with E-state index in [0.29, 0.717) is 0 Å². The quantitative estimate of drug-likeness (QED) is 0.372. The van der Waals surface area contributed by atoms with Crippen molar-refractivity contribution in [3.63, 3.8) is 0 Å². The molecule has 0 aliphatic heterocycles. The highest BCUT2D eigenvalue weighted by atomic mass is 28.5. The van der Waals surface area contributed by atoms with Crippen LogP contribution in [0.15, 0.2) is 12.3 Å². The average Bonchev–Trinajstić information content (AvgIpc) is 2.06. The first-order valence-electron chi connectivity index (χ1n) is 8.63. The topological polar surface area (TPSA) is 9.23 Å². The SMILES string of the molecule is C=C(C)O[Si](C([Si](C)(C)C)[Si](C)(C)C)(C(C)(C)C)C(C)(C)C. The van der Waals surface area contributed by atoms with Crippen molar-refractivity contribution in [3.8, 4) is 0 Å². The summed E-state index contributed by atoms with van der Waals surface area (Å²) >= 11 is 0. The second-order valence-corrected chi connectivity index (χ2v) is 28.8. The predicted molar refractivity (Wildman–Crippen MR) is 112 cm³/mol. The third kappa shape index (κ3) is 4.38. The zero-order valence-electron chi connectivity index (χ0n) is 17.7. The van der Waals surface area contributed by atoms with E-state index in [1.807, 2.05) is 6.92 Å². The second-order valence-electron chi connectivity index (χ2n) is 11.2. The molecule has 0 radical (unpaired) electrons. The molecule has 0 saturated heterocycles. The van der Waals surface area contributed by atoms with Crippen LogP contribution < -0.4 is 0 Å². The summed E-state index contributed by atoms with van der Waals surface area (Å²) in [7, 11) is -4.91. The lowest BCUT2D eigenvalue weighted by Gasteiger charge is -2.60. The lowest BCUT2D eigenvalue weighted by atomic mass is 10.2. The van der Waals surface area contributed by atoms with Gasteiger partial charge in [-0.3, -0.25) is 0 Å². The van der Waals surface area contributed by atoms with Gasteiger partial charge in [0.25, 0.3) is 8.32 Å². The molecule has 0 aromatic heterocycles. The fourth-order valence-corrected chi connectivity index (χ4v) is 36.1. The second kappa shape index (κ2) is 6.25. The number of hydrogen-bond donors (Lipinski definition) is 0. The van der Waals surface area contributed by atoms with Crippen molar-refractivity contribution in [2.45, 2.75) is 103 Å². The molecular weight excluding hydrogens is 316 g/mol. The molecule has 0 atom stereocenters. The van der Waals surface area contributed by atoms with Crippen molar-refractivity contribution >= 4 is 24.5 Å². The molecule has 0 N–H and O–H groups in total. The van der Waals surface area contributed by atoms with E-state index in [9.17, 15) is 0 Å². The molecule has 0 spiro atoms. The van der Waals surface area contributed by atoms with Gasteiger partial charge in [0.15, 0.2) is 0 Å². The van der Waals surface area contributed by atoms with Gasteiger partial charge in [-0.15, -0.1) is 0 Å². The van der Waals surface area contributed by atoms with Crippen molar-refractivity contribution in [1.82, 2.24) is 0 Å². The van der Waals surface area contributed by atoms with Crippen molar-refractivity contribution in [2.75, 3.05) is 0 Å². The van der Waals surface area contributed by atoms with E-state index in [0.717, 1.165) is 10.5 Å². The molecule has 0 aliphatic rings. The van der Waals surface area contributed by atoms with Crippen LogP contribution in [-0.4, -0.2) is 24.5 Å². The van der Waals surface area contributed by atoms with Crippen molar-refractivity contribution in [1.29, 1.82) is 0 Å². The molecule has 0 saturated carbocycles. The number of allylic oxidation sites excluding steroid dienone is 1. The lowest BCUT2D eigenvalue weighted by Crippen LogP contribution is -2.68. The summed E-state index contributed by atoms with van der Waals surface area (Å²) in [6.07, 6.45) is 0. The highest BCUT2D eigenvalue weighted by Crippen LogP contribution is 2.62. The summed E-state index contributed by atoms with van der Waals surface area (Å²) in [6, 6.07) is 0. The Hall–Kier alpha value is 0.191. The summed E-state index contributed by atoms with van der Waals surface area (Å²) in [5.74, 6) is 0.915. The van der Waals surface area contributed by atoms with Crippen LogP contribution in [0.5, 0.6) is 0 Å². The lowest BCUT2D eigenvalue weighted by molar-refractivity contribution is 0.339. The molecule has 0 bridgehead atoms. The highest BCUT2D eigenvalue weighted by molar-refractivity contribution is 7.13. The Bertz CT molecular complexity index is 372. The molecule has 0 amide bonds. The maximum absolute atomic E-state index is 6.90. The molecule has 22 heavy (non-hydrogen) atoms. The standard InChI is InChI=1S/C18H42OSi3/c1-15(2)19-22(17(3,4)5,18(6,7)8)16(20(9,10)11)21(12,13)14/h16H,1H2,2-14H3. The van der Waals surface area contributed by atoms with Gasteiger partial charge in [-0.1, -0.05) is 87.4 Å². The van der Waals surface area contributed by atoms with E-state index in [4.69, 9.17) is 4.43 Å². The molecule has 132 valence electrons. The summed E-state index contributed by atoms with van der Waals surface area (Å²) in [5, 5.41) is 0.380. The molecular formula is C18H42OSi3. The minimum atomic E-state index is -2.14. The molecule has 0 rings (SSSR count). The minimum Gasteiger partial charge on any atom is -0.546 e. The summed E-state index contributed by atoms with van der Waals surface area (Å²) in [4.78, 5) is 0.782. The molecule has 4 heteroatoms. The van der Waals surface area contributed by atoms with Gasteiger partial charge < -0.3 is 4.43 Å². The van der Waals surface area contributed by atoms with Crippen molar-refractivity contribution < 1.29 is 4.43 Å². The van der Waals surface area contributed by atoms with E-state index in [1.54, 1.807) is 0 Å². The number of hydrogen-bond acceptors (Lipinski definition) is 1. The van der Waals surface area contributed by atoms with Gasteiger partial charge in [-0.25, -0.2) is 0 Å². The third-order valence-corrected chi connectivity index (χ3v) is 26.9. The smallest absolute Gasteiger partial charge is 0.259 e. The van der Waals surface area contributed by atoms with Crippen LogP contribution in [0, 0.1) is 0 Å². The summed E-state index contributed by atoms with van der Waals surface area (Å²) < 4.78 is 6.90. The monoisotopic (exact) mass is 358 g/mol. The van der Waals surface area contributed by atoms with Crippen LogP contribution >= 0.6 is 0 Å². The van der Waals surface area contributed by atoms with Gasteiger partial charge in [-0.2, -0.15) is 0 Å². The molecule has 0 unspecified atom stereocenters. The Balaban J connectivity index is 6.79. The zero-order chi connectivity index (χ0) is 18.4. The molecule has 0 aromatic rings. The van der Waals surface area contributed by atoms with Gasteiger partial charge >= 0.3 is 0 Å². The maximum Gasteiger partial charge on any atom is 0.259 e. The van der Waals surface area contributed by atoms with Crippen molar-refractivity contribution in [3.05, 3.63) is 12.3 Å². The Kier molecular flexibility index (Phi) is 6.30. The van der Waals surface area contributed by atoms with Crippen LogP contribution in [0.1, 0.15) is 48.5 Å². The van der Waals surface area contributed by atoms with Crippen LogP contribution in [0.2, 0.25) is 54.1 Å². The zero-order valence-corrected chi connectivity index (χ0v) is 20.7. The number of rotatable bonds is 5. The summed E-state index contributed by atoms with van der Waals surface area (Å²) in [5.41, 5.74) is 0. The van der Waals surface area contributed by atoms with E-state index >= 15 is 0 Å². The van der Waals surface area contributed by atoms with E-state index in [1.165, 1.54) is 0 Å². The Morgan fingerprint density at radius 3 is 1.18 bits per heavy atom. The van der Waals surface area contributed by atoms with Gasteiger partial charge in [-0.05, 0) is 21.8 Å². The summed E-state index contributed by atoms with van der Waals surface area (Å²) in [6.45, 7) is 36.0. The van der Waals surface area contributed by atoms with E-state index in [2.05, 4.69) is 87.4 Å². The Labute approximate surface area is 144 Å². The molecule has 1 nitrogen and oxygen atoms in total. The van der Waals surface area contributed by atoms with Crippen LogP contribution in [0.4, 0.5) is 0 Å². The maximum atomic E-state index is 6.90. The highest BCUT2D eigenvalue weighted by Gasteiger charge is 2.67. The van der Waals surface area contributed by atoms with Gasteiger partial charge in [0.05, 0.1) is 5.76 Å². The average molecular weight is 359 g/mol. The van der Waals surface area contributed by atoms with Crippen LogP contribution in [-0.2, 0) is 4.43 Å². The largest absolute Gasteiger partial charge is 0.546 e. The van der Waals surface area contributed by atoms with Crippen LogP contribution in [0.3, 0.4) is 0 Å². The molecule has 0 heterocycles. The first kappa shape index (κ1) is 22.2. The fraction of sp³-hybridized carbons (Fsp3) is 0.889. The Morgan fingerprint density at radius 1 is 0.773 bits per heavy atom. The van der Waals surface area contributed by atoms with Gasteiger partial charge in [0, 0.05) is 16.1 Å². The van der Waals surface area contributed by atoms with E-state index in [-0.39, 0.29) is 10.1 Å².